The van der Waals surface area contributed by atoms with Gasteiger partial charge < -0.3 is 5.32 Å². The van der Waals surface area contributed by atoms with Crippen LogP contribution < -0.4 is 5.32 Å². The van der Waals surface area contributed by atoms with Gasteiger partial charge >= 0.3 is 0 Å². The molecule has 1 N–H and O–H groups in total. The zero-order valence-electron chi connectivity index (χ0n) is 14.3. The van der Waals surface area contributed by atoms with Gasteiger partial charge in [0.25, 0.3) is 0 Å². The van der Waals surface area contributed by atoms with E-state index in [1.54, 1.807) is 0 Å². The lowest BCUT2D eigenvalue weighted by molar-refractivity contribution is 0.118. The molecule has 0 aliphatic heterocycles. The molecule has 0 aromatic heterocycles. The summed E-state index contributed by atoms with van der Waals surface area (Å²) in [7, 11) is 0. The van der Waals surface area contributed by atoms with Crippen molar-refractivity contribution < 1.29 is 0 Å². The fourth-order valence-electron chi connectivity index (χ4n) is 3.67. The van der Waals surface area contributed by atoms with Crippen molar-refractivity contribution in [1.29, 1.82) is 0 Å². The maximum atomic E-state index is 3.77. The first-order valence-corrected chi connectivity index (χ1v) is 8.25. The molecular weight excluding hydrogens is 232 g/mol. The van der Waals surface area contributed by atoms with Gasteiger partial charge in [-0.3, -0.25) is 4.90 Å². The monoisotopic (exact) mass is 268 g/mol. The van der Waals surface area contributed by atoms with E-state index in [1.807, 2.05) is 0 Å². The van der Waals surface area contributed by atoms with Crippen LogP contribution in [0.1, 0.15) is 61.3 Å². The van der Waals surface area contributed by atoms with Crippen molar-refractivity contribution in [3.8, 4) is 0 Å². The van der Waals surface area contributed by atoms with Crippen molar-refractivity contribution in [2.75, 3.05) is 19.6 Å². The van der Waals surface area contributed by atoms with Gasteiger partial charge in [0.05, 0.1) is 0 Å². The maximum Gasteiger partial charge on any atom is 0.0274 e. The van der Waals surface area contributed by atoms with E-state index in [4.69, 9.17) is 0 Å². The van der Waals surface area contributed by atoms with Crippen molar-refractivity contribution in [3.05, 3.63) is 0 Å². The molecule has 114 valence electrons. The molecule has 0 radical (unpaired) electrons. The molecule has 0 spiro atoms. The van der Waals surface area contributed by atoms with E-state index in [0.29, 0.717) is 11.5 Å². The van der Waals surface area contributed by atoms with E-state index in [-0.39, 0.29) is 0 Å². The van der Waals surface area contributed by atoms with Gasteiger partial charge in [0, 0.05) is 25.2 Å². The number of hydrogen-bond acceptors (Lipinski definition) is 2. The highest BCUT2D eigenvalue weighted by molar-refractivity contribution is 5.01. The lowest BCUT2D eigenvalue weighted by Gasteiger charge is -2.39. The Labute approximate surface area is 121 Å². The zero-order valence-corrected chi connectivity index (χ0v) is 14.3. The topological polar surface area (TPSA) is 15.3 Å². The van der Waals surface area contributed by atoms with Crippen LogP contribution in [0, 0.1) is 17.3 Å². The average molecular weight is 268 g/mol. The van der Waals surface area contributed by atoms with E-state index in [2.05, 4.69) is 58.7 Å². The maximum absolute atomic E-state index is 3.77. The Morgan fingerprint density at radius 1 is 1.11 bits per heavy atom. The quantitative estimate of drug-likeness (QED) is 0.756. The van der Waals surface area contributed by atoms with Gasteiger partial charge in [-0.1, -0.05) is 48.5 Å². The molecular formula is C17H36N2. The lowest BCUT2D eigenvalue weighted by Crippen LogP contribution is -2.53. The van der Waals surface area contributed by atoms with E-state index in [1.165, 1.54) is 25.9 Å². The standard InChI is InChI=1S/C17H36N2/c1-8-18-16-15(9-10-17(16,6)7)19(11-13(2)3)12-14(4)5/h13-16,18H,8-12H2,1-7H3. The molecule has 1 aliphatic rings. The summed E-state index contributed by atoms with van der Waals surface area (Å²) in [5.74, 6) is 1.51. The normalized spacial score (nSPS) is 26.8. The second-order valence-corrected chi connectivity index (χ2v) is 7.87. The van der Waals surface area contributed by atoms with Gasteiger partial charge in [0.2, 0.25) is 0 Å². The molecule has 19 heavy (non-hydrogen) atoms. The molecule has 1 aliphatic carbocycles. The fraction of sp³-hybridized carbons (Fsp3) is 1.00. The molecule has 0 heterocycles. The number of hydrogen-bond donors (Lipinski definition) is 1. The molecule has 1 fully saturated rings. The largest absolute Gasteiger partial charge is 0.312 e. The van der Waals surface area contributed by atoms with Crippen molar-refractivity contribution in [1.82, 2.24) is 10.2 Å². The fourth-order valence-corrected chi connectivity index (χ4v) is 3.67. The molecule has 1 saturated carbocycles. The minimum Gasteiger partial charge on any atom is -0.312 e. The number of nitrogens with zero attached hydrogens (tertiary/aromatic N) is 1. The minimum atomic E-state index is 0.437. The Morgan fingerprint density at radius 3 is 2.05 bits per heavy atom. The van der Waals surface area contributed by atoms with Crippen LogP contribution in [-0.2, 0) is 0 Å². The van der Waals surface area contributed by atoms with Crippen LogP contribution in [0.25, 0.3) is 0 Å². The Hall–Kier alpha value is -0.0800. The first kappa shape index (κ1) is 17.0. The first-order chi connectivity index (χ1) is 8.77. The average Bonchev–Trinajstić information content (AvgIpc) is 2.53. The SMILES string of the molecule is CCNC1C(N(CC(C)C)CC(C)C)CCC1(C)C. The predicted octanol–water partition coefficient (Wildman–Crippen LogP) is 3.77. The molecule has 0 saturated heterocycles. The third-order valence-electron chi connectivity index (χ3n) is 4.40. The van der Waals surface area contributed by atoms with Crippen LogP contribution in [0.2, 0.25) is 0 Å². The summed E-state index contributed by atoms with van der Waals surface area (Å²) in [6.07, 6.45) is 2.70. The van der Waals surface area contributed by atoms with E-state index >= 15 is 0 Å². The van der Waals surface area contributed by atoms with Gasteiger partial charge in [-0.25, -0.2) is 0 Å². The highest BCUT2D eigenvalue weighted by atomic mass is 15.2. The zero-order chi connectivity index (χ0) is 14.6. The summed E-state index contributed by atoms with van der Waals surface area (Å²) in [6, 6.07) is 1.37. The molecule has 2 atom stereocenters. The smallest absolute Gasteiger partial charge is 0.0274 e. The minimum absolute atomic E-state index is 0.437. The molecule has 0 aromatic carbocycles. The number of rotatable bonds is 7. The molecule has 2 unspecified atom stereocenters. The molecule has 2 heteroatoms. The van der Waals surface area contributed by atoms with E-state index in [0.717, 1.165) is 24.4 Å². The van der Waals surface area contributed by atoms with Crippen LogP contribution >= 0.6 is 0 Å². The van der Waals surface area contributed by atoms with Gasteiger partial charge in [0.1, 0.15) is 0 Å². The van der Waals surface area contributed by atoms with Gasteiger partial charge in [-0.05, 0) is 36.6 Å². The lowest BCUT2D eigenvalue weighted by atomic mass is 9.86. The first-order valence-electron chi connectivity index (χ1n) is 8.25. The summed E-state index contributed by atoms with van der Waals surface area (Å²) in [6.45, 7) is 20.0. The van der Waals surface area contributed by atoms with Crippen LogP contribution in [0.15, 0.2) is 0 Å². The van der Waals surface area contributed by atoms with Crippen LogP contribution in [0.5, 0.6) is 0 Å². The molecule has 2 nitrogen and oxygen atoms in total. The van der Waals surface area contributed by atoms with Crippen molar-refractivity contribution in [2.45, 2.75) is 73.4 Å². The van der Waals surface area contributed by atoms with Gasteiger partial charge in [0.15, 0.2) is 0 Å². The third-order valence-corrected chi connectivity index (χ3v) is 4.40. The molecule has 0 amide bonds. The molecule has 0 bridgehead atoms. The highest BCUT2D eigenvalue weighted by Crippen LogP contribution is 2.40. The Bertz CT molecular complexity index is 248. The summed E-state index contributed by atoms with van der Waals surface area (Å²) < 4.78 is 0. The summed E-state index contributed by atoms with van der Waals surface area (Å²) in [5, 5.41) is 3.77. The van der Waals surface area contributed by atoms with Crippen LogP contribution in [0.3, 0.4) is 0 Å². The Balaban J connectivity index is 2.81. The second kappa shape index (κ2) is 7.08. The highest BCUT2D eigenvalue weighted by Gasteiger charge is 2.43. The predicted molar refractivity (Wildman–Crippen MR) is 85.5 cm³/mol. The van der Waals surface area contributed by atoms with Crippen molar-refractivity contribution in [3.63, 3.8) is 0 Å². The molecule has 0 aromatic rings. The van der Waals surface area contributed by atoms with Crippen LogP contribution in [-0.4, -0.2) is 36.6 Å². The van der Waals surface area contributed by atoms with Crippen LogP contribution in [0.4, 0.5) is 0 Å². The summed E-state index contributed by atoms with van der Waals surface area (Å²) >= 11 is 0. The second-order valence-electron chi connectivity index (χ2n) is 7.87. The summed E-state index contributed by atoms with van der Waals surface area (Å²) in [5.41, 5.74) is 0.437. The van der Waals surface area contributed by atoms with Gasteiger partial charge in [-0.2, -0.15) is 0 Å². The van der Waals surface area contributed by atoms with E-state index < -0.39 is 0 Å². The number of likely N-dealkylation sites (N-methyl/N-ethyl adjacent to an activating group) is 1. The van der Waals surface area contributed by atoms with Crippen molar-refractivity contribution in [2.24, 2.45) is 17.3 Å². The van der Waals surface area contributed by atoms with Crippen molar-refractivity contribution >= 4 is 0 Å². The molecule has 1 rings (SSSR count). The summed E-state index contributed by atoms with van der Waals surface area (Å²) in [4.78, 5) is 2.76. The Kier molecular flexibility index (Phi) is 6.32. The van der Waals surface area contributed by atoms with Gasteiger partial charge in [-0.15, -0.1) is 0 Å². The van der Waals surface area contributed by atoms with E-state index in [9.17, 15) is 0 Å². The number of nitrogens with one attached hydrogen (secondary N) is 1. The Morgan fingerprint density at radius 2 is 1.63 bits per heavy atom. The third kappa shape index (κ3) is 4.75.